The second-order valence-electron chi connectivity index (χ2n) is 10.3. The summed E-state index contributed by atoms with van der Waals surface area (Å²) in [4.78, 5) is 24.5. The third kappa shape index (κ3) is 2.89. The fourth-order valence-corrected chi connectivity index (χ4v) is 6.40. The zero-order valence-corrected chi connectivity index (χ0v) is 17.8. The zero-order chi connectivity index (χ0) is 20.5. The van der Waals surface area contributed by atoms with Crippen molar-refractivity contribution < 1.29 is 4.79 Å². The Bertz CT molecular complexity index is 1030. The summed E-state index contributed by atoms with van der Waals surface area (Å²) < 4.78 is 0. The highest BCUT2D eigenvalue weighted by Gasteiger charge is 2.63. The molecule has 0 spiro atoms. The van der Waals surface area contributed by atoms with Gasteiger partial charge in [-0.25, -0.2) is 0 Å². The van der Waals surface area contributed by atoms with Gasteiger partial charge in [0.15, 0.2) is 0 Å². The number of likely N-dealkylation sites (tertiary alicyclic amines) is 1. The van der Waals surface area contributed by atoms with Gasteiger partial charge < -0.3 is 10.2 Å². The summed E-state index contributed by atoms with van der Waals surface area (Å²) in [7, 11) is 0. The van der Waals surface area contributed by atoms with Crippen molar-refractivity contribution in [1.82, 2.24) is 15.2 Å². The highest BCUT2D eigenvalue weighted by molar-refractivity contribution is 5.92. The molecule has 4 heterocycles. The maximum atomic E-state index is 13.3. The molecular weight excluding hydrogens is 372 g/mol. The van der Waals surface area contributed by atoms with Crippen LogP contribution in [-0.2, 0) is 4.79 Å². The van der Waals surface area contributed by atoms with Crippen molar-refractivity contribution in [2.75, 3.05) is 26.2 Å². The molecule has 5 heteroatoms. The lowest BCUT2D eigenvalue weighted by molar-refractivity contribution is -0.134. The Morgan fingerprint density at radius 3 is 2.73 bits per heavy atom. The van der Waals surface area contributed by atoms with Crippen molar-refractivity contribution in [3.8, 4) is 0 Å². The Labute approximate surface area is 178 Å². The van der Waals surface area contributed by atoms with Crippen molar-refractivity contribution in [2.45, 2.75) is 38.6 Å². The lowest BCUT2D eigenvalue weighted by Gasteiger charge is -2.38. The third-order valence-corrected chi connectivity index (χ3v) is 8.23. The molecule has 0 radical (unpaired) electrons. The highest BCUT2D eigenvalue weighted by Crippen LogP contribution is 2.62. The number of piperidine rings is 2. The SMILES string of the molecule is C[C@@H]1C[C@@H](c2ccc(C3C=N3)c3ncccc23)CN(C(=O)C[C@@]2(C)[C@@H]3CNC[C@@H]32)C1. The number of benzene rings is 1. The molecule has 5 nitrogen and oxygen atoms in total. The molecule has 2 saturated heterocycles. The molecule has 6 rings (SSSR count). The molecule has 1 saturated carbocycles. The van der Waals surface area contributed by atoms with Crippen LogP contribution in [0.5, 0.6) is 0 Å². The number of carbonyl (C=O) groups excluding carboxylic acids is 1. The van der Waals surface area contributed by atoms with Gasteiger partial charge in [-0.3, -0.25) is 14.8 Å². The topological polar surface area (TPSA) is 57.6 Å². The lowest BCUT2D eigenvalue weighted by Crippen LogP contribution is -2.43. The van der Waals surface area contributed by atoms with Crippen LogP contribution in [0.15, 0.2) is 35.5 Å². The van der Waals surface area contributed by atoms with E-state index >= 15 is 0 Å². The Balaban J connectivity index is 1.25. The van der Waals surface area contributed by atoms with Crippen LogP contribution in [0, 0.1) is 23.2 Å². The van der Waals surface area contributed by atoms with E-state index in [0.717, 1.165) is 38.1 Å². The molecule has 156 valence electrons. The van der Waals surface area contributed by atoms with Crippen LogP contribution in [-0.4, -0.2) is 48.2 Å². The normalized spacial score (nSPS) is 36.7. The Hall–Kier alpha value is -2.27. The average molecular weight is 403 g/mol. The number of nitrogens with one attached hydrogen (secondary N) is 1. The van der Waals surface area contributed by atoms with E-state index in [-0.39, 0.29) is 11.5 Å². The number of fused-ring (bicyclic) bond motifs is 2. The summed E-state index contributed by atoms with van der Waals surface area (Å²) in [5.74, 6) is 2.64. The Morgan fingerprint density at radius 1 is 1.20 bits per heavy atom. The van der Waals surface area contributed by atoms with Crippen molar-refractivity contribution in [2.24, 2.45) is 28.2 Å². The first-order valence-corrected chi connectivity index (χ1v) is 11.4. The number of aromatic nitrogens is 1. The van der Waals surface area contributed by atoms with Crippen molar-refractivity contribution in [3.63, 3.8) is 0 Å². The molecule has 6 atom stereocenters. The number of carbonyl (C=O) groups is 1. The van der Waals surface area contributed by atoms with Gasteiger partial charge in [-0.05, 0) is 54.3 Å². The van der Waals surface area contributed by atoms with Crippen molar-refractivity contribution >= 4 is 23.0 Å². The van der Waals surface area contributed by atoms with Gasteiger partial charge in [0.25, 0.3) is 0 Å². The molecule has 1 amide bonds. The molecule has 0 bridgehead atoms. The van der Waals surface area contributed by atoms with Crippen LogP contribution in [0.1, 0.15) is 49.8 Å². The largest absolute Gasteiger partial charge is 0.342 e. The Kier molecular flexibility index (Phi) is 4.08. The molecule has 30 heavy (non-hydrogen) atoms. The Morgan fingerprint density at radius 2 is 1.97 bits per heavy atom. The lowest BCUT2D eigenvalue weighted by atomic mass is 9.82. The van der Waals surface area contributed by atoms with Crippen molar-refractivity contribution in [3.05, 3.63) is 41.6 Å². The predicted octanol–water partition coefficient (Wildman–Crippen LogP) is 3.56. The van der Waals surface area contributed by atoms with E-state index in [0.29, 0.717) is 36.0 Å². The van der Waals surface area contributed by atoms with Crippen molar-refractivity contribution in [1.29, 1.82) is 0 Å². The van der Waals surface area contributed by atoms with Gasteiger partial charge >= 0.3 is 0 Å². The van der Waals surface area contributed by atoms with Gasteiger partial charge in [0.05, 0.1) is 5.52 Å². The highest BCUT2D eigenvalue weighted by atomic mass is 16.2. The number of nitrogens with zero attached hydrogens (tertiary/aromatic N) is 3. The van der Waals surface area contributed by atoms with E-state index in [1.54, 1.807) is 0 Å². The maximum absolute atomic E-state index is 13.3. The first-order valence-electron chi connectivity index (χ1n) is 11.4. The summed E-state index contributed by atoms with van der Waals surface area (Å²) in [5, 5.41) is 4.69. The fraction of sp³-hybridized carbons (Fsp3) is 0.560. The van der Waals surface area contributed by atoms with Crippen LogP contribution in [0.3, 0.4) is 0 Å². The van der Waals surface area contributed by atoms with E-state index in [4.69, 9.17) is 4.98 Å². The number of amides is 1. The van der Waals surface area contributed by atoms with Crippen LogP contribution in [0.4, 0.5) is 0 Å². The van der Waals surface area contributed by atoms with Gasteiger partial charge in [-0.2, -0.15) is 0 Å². The molecule has 2 aromatic rings. The van der Waals surface area contributed by atoms with Gasteiger partial charge in [0.2, 0.25) is 5.91 Å². The minimum atomic E-state index is 0.202. The van der Waals surface area contributed by atoms with E-state index in [1.807, 2.05) is 18.5 Å². The molecular formula is C25H30N4O. The van der Waals surface area contributed by atoms with Crippen LogP contribution in [0.2, 0.25) is 0 Å². The molecule has 1 N–H and O–H groups in total. The van der Waals surface area contributed by atoms with E-state index in [9.17, 15) is 4.79 Å². The van der Waals surface area contributed by atoms with Gasteiger partial charge in [-0.1, -0.05) is 32.0 Å². The van der Waals surface area contributed by atoms with E-state index in [1.165, 1.54) is 16.5 Å². The molecule has 1 aromatic carbocycles. The van der Waals surface area contributed by atoms with E-state index < -0.39 is 0 Å². The number of rotatable bonds is 4. The number of pyridine rings is 1. The maximum Gasteiger partial charge on any atom is 0.223 e. The average Bonchev–Trinajstić information content (AvgIpc) is 3.60. The predicted molar refractivity (Wildman–Crippen MR) is 119 cm³/mol. The minimum absolute atomic E-state index is 0.202. The molecule has 3 aliphatic heterocycles. The van der Waals surface area contributed by atoms with Gasteiger partial charge in [0, 0.05) is 48.8 Å². The molecule has 4 aliphatic rings. The number of aliphatic imine (C=N–C) groups is 1. The summed E-state index contributed by atoms with van der Waals surface area (Å²) in [6, 6.07) is 8.89. The molecule has 1 aromatic heterocycles. The second kappa shape index (κ2) is 6.61. The summed E-state index contributed by atoms with van der Waals surface area (Å²) in [6.45, 7) is 8.51. The second-order valence-corrected chi connectivity index (χ2v) is 10.3. The van der Waals surface area contributed by atoms with Crippen LogP contribution >= 0.6 is 0 Å². The van der Waals surface area contributed by atoms with Crippen LogP contribution in [0.25, 0.3) is 10.9 Å². The molecule has 3 fully saturated rings. The molecule has 1 unspecified atom stereocenters. The first-order chi connectivity index (χ1) is 14.5. The summed E-state index contributed by atoms with van der Waals surface area (Å²) >= 11 is 0. The standard InChI is InChI=1S/C25H30N4O/c1-15-8-16(14-29(13-15)23(30)9-25(2)20-10-26-11-21(20)25)17-5-6-19(22-12-28-22)24-18(17)4-3-7-27-24/h3-7,12,15-16,20-22,26H,8-11,13-14H2,1-2H3/t15-,16-,20-,21+,22?,25+/m1/s1. The molecule has 1 aliphatic carbocycles. The quantitative estimate of drug-likeness (QED) is 0.851. The van der Waals surface area contributed by atoms with Crippen LogP contribution < -0.4 is 5.32 Å². The number of hydrogen-bond acceptors (Lipinski definition) is 4. The summed E-state index contributed by atoms with van der Waals surface area (Å²) in [5.41, 5.74) is 3.83. The summed E-state index contributed by atoms with van der Waals surface area (Å²) in [6.07, 6.45) is 5.69. The smallest absolute Gasteiger partial charge is 0.223 e. The fourth-order valence-electron chi connectivity index (χ4n) is 6.40. The minimum Gasteiger partial charge on any atom is -0.342 e. The number of hydrogen-bond donors (Lipinski definition) is 1. The zero-order valence-electron chi connectivity index (χ0n) is 17.8. The third-order valence-electron chi connectivity index (χ3n) is 8.23. The monoisotopic (exact) mass is 402 g/mol. The van der Waals surface area contributed by atoms with Gasteiger partial charge in [-0.15, -0.1) is 0 Å². The van der Waals surface area contributed by atoms with Gasteiger partial charge in [0.1, 0.15) is 6.04 Å². The van der Waals surface area contributed by atoms with E-state index in [2.05, 4.69) is 47.3 Å². The first kappa shape index (κ1) is 18.5.